The number of rotatable bonds is 4. The fraction of sp³-hybridized carbons (Fsp3) is 0.296. The minimum atomic E-state index is -0.397. The van der Waals surface area contributed by atoms with Crippen LogP contribution in [0.15, 0.2) is 53.6 Å². The van der Waals surface area contributed by atoms with E-state index in [-0.39, 0.29) is 29.2 Å². The third-order valence-electron chi connectivity index (χ3n) is 6.99. The van der Waals surface area contributed by atoms with E-state index in [9.17, 15) is 19.7 Å². The zero-order chi connectivity index (χ0) is 26.3. The molecule has 1 fully saturated rings. The van der Waals surface area contributed by atoms with Crippen LogP contribution in [-0.4, -0.2) is 49.9 Å². The molecule has 0 bridgehead atoms. The maximum Gasteiger partial charge on any atom is 0.270 e. The number of pyridine rings is 2. The SMILES string of the molecule is C[C@@H]1CN(c2c(C#N)c(=O)n(C)c3ccc(C#N)nc23)CCN1C(c1ccc(F)cc1)c1cnn(C)c1. The lowest BCUT2D eigenvalue weighted by molar-refractivity contribution is 0.150. The quantitative estimate of drug-likeness (QED) is 0.428. The van der Waals surface area contributed by atoms with E-state index in [0.29, 0.717) is 36.4 Å². The van der Waals surface area contributed by atoms with Gasteiger partial charge >= 0.3 is 0 Å². The van der Waals surface area contributed by atoms with Crippen molar-refractivity contribution in [1.29, 1.82) is 10.5 Å². The molecule has 5 rings (SSSR count). The number of hydrogen-bond donors (Lipinski definition) is 0. The molecule has 0 amide bonds. The van der Waals surface area contributed by atoms with E-state index in [4.69, 9.17) is 0 Å². The number of anilines is 1. The van der Waals surface area contributed by atoms with Crippen LogP contribution in [0.25, 0.3) is 11.0 Å². The number of piperazine rings is 1. The Morgan fingerprint density at radius 2 is 1.81 bits per heavy atom. The molecular formula is C27H25FN8O. The lowest BCUT2D eigenvalue weighted by atomic mass is 9.96. The minimum absolute atomic E-state index is 0.00573. The van der Waals surface area contributed by atoms with Crippen molar-refractivity contribution in [1.82, 2.24) is 24.2 Å². The van der Waals surface area contributed by atoms with Crippen molar-refractivity contribution in [3.05, 3.63) is 87.3 Å². The van der Waals surface area contributed by atoms with E-state index >= 15 is 0 Å². The van der Waals surface area contributed by atoms with Crippen LogP contribution in [0, 0.1) is 28.5 Å². The summed E-state index contributed by atoms with van der Waals surface area (Å²) in [6.45, 7) is 3.74. The Labute approximate surface area is 213 Å². The highest BCUT2D eigenvalue weighted by atomic mass is 19.1. The van der Waals surface area contributed by atoms with E-state index < -0.39 is 5.56 Å². The van der Waals surface area contributed by atoms with Gasteiger partial charge in [0.25, 0.3) is 5.56 Å². The minimum Gasteiger partial charge on any atom is -0.366 e. The molecule has 0 saturated carbocycles. The van der Waals surface area contributed by atoms with Gasteiger partial charge in [0, 0.05) is 51.5 Å². The standard InChI is InChI=1S/C27H25FN8O/c1-17-15-35(26-22(13-30)27(37)34(3)23-9-8-21(12-29)32-24(23)26)10-11-36(17)25(19-14-31-33(2)16-19)18-4-6-20(28)7-5-18/h4-9,14,16-17,25H,10-11,15H2,1-3H3/t17-,25?/m1/s1. The lowest BCUT2D eigenvalue weighted by Crippen LogP contribution is -2.53. The van der Waals surface area contributed by atoms with Crippen LogP contribution in [0.1, 0.15) is 35.3 Å². The summed E-state index contributed by atoms with van der Waals surface area (Å²) in [4.78, 5) is 21.9. The van der Waals surface area contributed by atoms with Crippen LogP contribution in [-0.2, 0) is 14.1 Å². The van der Waals surface area contributed by atoms with Gasteiger partial charge in [-0.2, -0.15) is 15.6 Å². The monoisotopic (exact) mass is 496 g/mol. The molecule has 37 heavy (non-hydrogen) atoms. The summed E-state index contributed by atoms with van der Waals surface area (Å²) in [6.07, 6.45) is 3.78. The molecule has 3 aromatic heterocycles. The summed E-state index contributed by atoms with van der Waals surface area (Å²) in [5.41, 5.74) is 3.26. The van der Waals surface area contributed by atoms with Gasteiger partial charge in [-0.3, -0.25) is 14.4 Å². The molecule has 4 heterocycles. The van der Waals surface area contributed by atoms with Crippen molar-refractivity contribution in [3.8, 4) is 12.1 Å². The number of hydrogen-bond acceptors (Lipinski definition) is 7. The lowest BCUT2D eigenvalue weighted by Gasteiger charge is -2.45. The first-order valence-corrected chi connectivity index (χ1v) is 11.9. The van der Waals surface area contributed by atoms with Gasteiger partial charge in [-0.15, -0.1) is 0 Å². The van der Waals surface area contributed by atoms with Crippen LogP contribution in [0.2, 0.25) is 0 Å². The fourth-order valence-electron chi connectivity index (χ4n) is 5.22. The topological polar surface area (TPSA) is 107 Å². The molecule has 0 aliphatic carbocycles. The van der Waals surface area contributed by atoms with Gasteiger partial charge in [-0.05, 0) is 36.8 Å². The molecule has 10 heteroatoms. The van der Waals surface area contributed by atoms with Gasteiger partial charge in [0.1, 0.15) is 34.7 Å². The number of aryl methyl sites for hydroxylation is 2. The first-order chi connectivity index (χ1) is 17.8. The van der Waals surface area contributed by atoms with Crippen molar-refractivity contribution in [3.63, 3.8) is 0 Å². The fourth-order valence-corrected chi connectivity index (χ4v) is 5.22. The highest BCUT2D eigenvalue weighted by Crippen LogP contribution is 2.35. The van der Waals surface area contributed by atoms with Crippen LogP contribution >= 0.6 is 0 Å². The summed E-state index contributed by atoms with van der Waals surface area (Å²) in [5.74, 6) is -0.294. The van der Waals surface area contributed by atoms with Gasteiger partial charge in [0.15, 0.2) is 0 Å². The molecule has 0 spiro atoms. The predicted molar refractivity (Wildman–Crippen MR) is 136 cm³/mol. The molecule has 0 N–H and O–H groups in total. The Bertz CT molecular complexity index is 1630. The highest BCUT2D eigenvalue weighted by molar-refractivity contribution is 5.92. The second-order valence-corrected chi connectivity index (χ2v) is 9.31. The Morgan fingerprint density at radius 1 is 1.05 bits per heavy atom. The molecule has 1 aromatic carbocycles. The van der Waals surface area contributed by atoms with Crippen molar-refractivity contribution in [2.24, 2.45) is 14.1 Å². The summed E-state index contributed by atoms with van der Waals surface area (Å²) < 4.78 is 16.9. The first-order valence-electron chi connectivity index (χ1n) is 11.9. The van der Waals surface area contributed by atoms with Crippen LogP contribution in [0.3, 0.4) is 0 Å². The van der Waals surface area contributed by atoms with E-state index in [2.05, 4.69) is 34.0 Å². The third-order valence-corrected chi connectivity index (χ3v) is 6.99. The number of nitriles is 2. The number of aromatic nitrogens is 4. The number of benzene rings is 1. The molecule has 1 saturated heterocycles. The molecule has 4 aromatic rings. The summed E-state index contributed by atoms with van der Waals surface area (Å²) >= 11 is 0. The molecule has 9 nitrogen and oxygen atoms in total. The predicted octanol–water partition coefficient (Wildman–Crippen LogP) is 2.85. The van der Waals surface area contributed by atoms with E-state index in [0.717, 1.165) is 11.1 Å². The van der Waals surface area contributed by atoms with Crippen LogP contribution < -0.4 is 10.5 Å². The Morgan fingerprint density at radius 3 is 2.43 bits per heavy atom. The Balaban J connectivity index is 1.56. The maximum absolute atomic E-state index is 13.7. The zero-order valence-corrected chi connectivity index (χ0v) is 20.8. The van der Waals surface area contributed by atoms with Gasteiger partial charge < -0.3 is 9.47 Å². The molecule has 0 radical (unpaired) electrons. The van der Waals surface area contributed by atoms with Crippen molar-refractivity contribution in [2.45, 2.75) is 19.0 Å². The van der Waals surface area contributed by atoms with E-state index in [1.54, 1.807) is 36.0 Å². The molecule has 2 atom stereocenters. The third kappa shape index (κ3) is 4.22. The summed E-state index contributed by atoms with van der Waals surface area (Å²) in [6, 6.07) is 13.8. The Kier molecular flexibility index (Phi) is 6.20. The van der Waals surface area contributed by atoms with Crippen LogP contribution in [0.4, 0.5) is 10.1 Å². The van der Waals surface area contributed by atoms with Crippen molar-refractivity contribution < 1.29 is 4.39 Å². The largest absolute Gasteiger partial charge is 0.366 e. The van der Waals surface area contributed by atoms with Gasteiger partial charge in [-0.25, -0.2) is 9.37 Å². The van der Waals surface area contributed by atoms with Gasteiger partial charge in [-0.1, -0.05) is 12.1 Å². The molecule has 1 aliphatic rings. The second kappa shape index (κ2) is 9.49. The summed E-state index contributed by atoms with van der Waals surface area (Å²) in [7, 11) is 3.46. The van der Waals surface area contributed by atoms with E-state index in [1.165, 1.54) is 16.7 Å². The van der Waals surface area contributed by atoms with Gasteiger partial charge in [0.2, 0.25) is 0 Å². The smallest absolute Gasteiger partial charge is 0.270 e. The second-order valence-electron chi connectivity index (χ2n) is 9.31. The number of nitrogens with zero attached hydrogens (tertiary/aromatic N) is 8. The zero-order valence-electron chi connectivity index (χ0n) is 20.8. The molecular weight excluding hydrogens is 471 g/mol. The Hall–Kier alpha value is -4.54. The average molecular weight is 497 g/mol. The molecule has 1 aliphatic heterocycles. The molecule has 1 unspecified atom stereocenters. The van der Waals surface area contributed by atoms with E-state index in [1.807, 2.05) is 24.3 Å². The van der Waals surface area contributed by atoms with Crippen LogP contribution in [0.5, 0.6) is 0 Å². The highest BCUT2D eigenvalue weighted by Gasteiger charge is 2.34. The normalized spacial score (nSPS) is 16.9. The summed E-state index contributed by atoms with van der Waals surface area (Å²) in [5, 5.41) is 23.7. The number of halogens is 1. The number of fused-ring (bicyclic) bond motifs is 1. The average Bonchev–Trinajstić information content (AvgIpc) is 3.33. The van der Waals surface area contributed by atoms with Crippen molar-refractivity contribution in [2.75, 3.05) is 24.5 Å². The van der Waals surface area contributed by atoms with Crippen molar-refractivity contribution >= 4 is 16.7 Å². The maximum atomic E-state index is 13.7. The van der Waals surface area contributed by atoms with Gasteiger partial charge in [0.05, 0.1) is 23.4 Å². The first kappa shape index (κ1) is 24.2. The molecule has 186 valence electrons.